The van der Waals surface area contributed by atoms with Gasteiger partial charge in [-0.3, -0.25) is 9.69 Å². The fraction of sp³-hybridized carbons (Fsp3) is 0.385. The number of hydrogen-bond acceptors (Lipinski definition) is 3. The third kappa shape index (κ3) is 1.82. The predicted molar refractivity (Wildman–Crippen MR) is 70.4 cm³/mol. The van der Waals surface area contributed by atoms with Crippen molar-refractivity contribution in [1.82, 2.24) is 4.98 Å². The van der Waals surface area contributed by atoms with E-state index in [4.69, 9.17) is 0 Å². The Kier molecular flexibility index (Phi) is 2.59. The van der Waals surface area contributed by atoms with E-state index in [-0.39, 0.29) is 11.8 Å². The van der Waals surface area contributed by atoms with Gasteiger partial charge in [-0.2, -0.15) is 0 Å². The number of benzene rings is 1. The van der Waals surface area contributed by atoms with Gasteiger partial charge in [0.15, 0.2) is 5.13 Å². The summed E-state index contributed by atoms with van der Waals surface area (Å²) in [5.74, 6) is 0.447. The Morgan fingerprint density at radius 1 is 1.41 bits per heavy atom. The molecule has 17 heavy (non-hydrogen) atoms. The Bertz CT molecular complexity index is 526. The second kappa shape index (κ2) is 4.11. The van der Waals surface area contributed by atoms with Crippen LogP contribution in [0.15, 0.2) is 24.3 Å². The van der Waals surface area contributed by atoms with Gasteiger partial charge in [0.05, 0.1) is 10.2 Å². The SMILES string of the molecule is CN(C(=O)C1CCC1)c1nc2ccccc2s1. The van der Waals surface area contributed by atoms with Crippen molar-refractivity contribution in [3.8, 4) is 0 Å². The Balaban J connectivity index is 1.89. The average Bonchev–Trinajstić information content (AvgIpc) is 2.68. The van der Waals surface area contributed by atoms with Crippen LogP contribution in [0.4, 0.5) is 5.13 Å². The topological polar surface area (TPSA) is 33.2 Å². The van der Waals surface area contributed by atoms with Gasteiger partial charge in [0.1, 0.15) is 0 Å². The molecule has 1 aliphatic rings. The van der Waals surface area contributed by atoms with E-state index < -0.39 is 0 Å². The molecule has 0 unspecified atom stereocenters. The molecule has 1 saturated carbocycles. The summed E-state index contributed by atoms with van der Waals surface area (Å²) in [5.41, 5.74) is 0.973. The monoisotopic (exact) mass is 246 g/mol. The number of aromatic nitrogens is 1. The molecule has 0 radical (unpaired) electrons. The Morgan fingerprint density at radius 2 is 2.18 bits per heavy atom. The number of anilines is 1. The number of rotatable bonds is 2. The van der Waals surface area contributed by atoms with Crippen molar-refractivity contribution in [1.29, 1.82) is 0 Å². The van der Waals surface area contributed by atoms with E-state index in [1.54, 1.807) is 16.2 Å². The minimum absolute atomic E-state index is 0.218. The molecule has 3 nitrogen and oxygen atoms in total. The van der Waals surface area contributed by atoms with Gasteiger partial charge in [-0.25, -0.2) is 4.98 Å². The minimum Gasteiger partial charge on any atom is -0.291 e. The number of para-hydroxylation sites is 1. The van der Waals surface area contributed by atoms with E-state index in [0.29, 0.717) is 0 Å². The smallest absolute Gasteiger partial charge is 0.231 e. The molecular weight excluding hydrogens is 232 g/mol. The van der Waals surface area contributed by atoms with Crippen molar-refractivity contribution in [2.24, 2.45) is 5.92 Å². The molecule has 88 valence electrons. The largest absolute Gasteiger partial charge is 0.291 e. The van der Waals surface area contributed by atoms with Crippen LogP contribution in [0.25, 0.3) is 10.2 Å². The highest BCUT2D eigenvalue weighted by Crippen LogP contribution is 2.32. The first kappa shape index (κ1) is 10.7. The zero-order valence-electron chi connectivity index (χ0n) is 9.72. The summed E-state index contributed by atoms with van der Waals surface area (Å²) in [6.45, 7) is 0. The Morgan fingerprint density at radius 3 is 2.82 bits per heavy atom. The van der Waals surface area contributed by atoms with Crippen LogP contribution in [0.5, 0.6) is 0 Å². The maximum atomic E-state index is 12.1. The molecular formula is C13H14N2OS. The van der Waals surface area contributed by atoms with Crippen LogP contribution in [0, 0.1) is 5.92 Å². The lowest BCUT2D eigenvalue weighted by Crippen LogP contribution is -2.36. The van der Waals surface area contributed by atoms with Crippen LogP contribution in [-0.2, 0) is 4.79 Å². The molecule has 1 aliphatic carbocycles. The molecule has 1 aromatic heterocycles. The zero-order chi connectivity index (χ0) is 11.8. The van der Waals surface area contributed by atoms with Gasteiger partial charge in [0.25, 0.3) is 0 Å². The number of carbonyl (C=O) groups is 1. The van der Waals surface area contributed by atoms with E-state index in [0.717, 1.165) is 28.2 Å². The van der Waals surface area contributed by atoms with Gasteiger partial charge >= 0.3 is 0 Å². The first-order chi connectivity index (χ1) is 8.25. The normalized spacial score (nSPS) is 15.8. The van der Waals surface area contributed by atoms with Gasteiger partial charge in [-0.05, 0) is 25.0 Å². The summed E-state index contributed by atoms with van der Waals surface area (Å²) in [7, 11) is 1.83. The first-order valence-electron chi connectivity index (χ1n) is 5.89. The second-order valence-electron chi connectivity index (χ2n) is 4.49. The Labute approximate surface area is 104 Å². The van der Waals surface area contributed by atoms with Crippen LogP contribution < -0.4 is 4.90 Å². The highest BCUT2D eigenvalue weighted by Gasteiger charge is 2.29. The molecule has 4 heteroatoms. The molecule has 1 fully saturated rings. The molecule has 2 aromatic rings. The molecule has 0 bridgehead atoms. The standard InChI is InChI=1S/C13H14N2OS/c1-15(12(16)9-5-4-6-9)13-14-10-7-2-3-8-11(10)17-13/h2-3,7-9H,4-6H2,1H3. The average molecular weight is 246 g/mol. The van der Waals surface area contributed by atoms with Crippen molar-refractivity contribution in [3.05, 3.63) is 24.3 Å². The van der Waals surface area contributed by atoms with E-state index in [2.05, 4.69) is 4.98 Å². The zero-order valence-corrected chi connectivity index (χ0v) is 10.5. The molecule has 0 spiro atoms. The van der Waals surface area contributed by atoms with Crippen molar-refractivity contribution >= 4 is 32.6 Å². The number of thiazole rings is 1. The lowest BCUT2D eigenvalue weighted by molar-refractivity contribution is -0.124. The first-order valence-corrected chi connectivity index (χ1v) is 6.70. The molecule has 1 heterocycles. The van der Waals surface area contributed by atoms with Crippen LogP contribution in [0.2, 0.25) is 0 Å². The molecule has 0 aliphatic heterocycles. The summed E-state index contributed by atoms with van der Waals surface area (Å²) in [6, 6.07) is 7.99. The third-order valence-electron chi connectivity index (χ3n) is 3.35. The van der Waals surface area contributed by atoms with E-state index in [1.807, 2.05) is 31.3 Å². The van der Waals surface area contributed by atoms with Crippen LogP contribution in [-0.4, -0.2) is 17.9 Å². The van der Waals surface area contributed by atoms with Crippen molar-refractivity contribution in [2.45, 2.75) is 19.3 Å². The fourth-order valence-electron chi connectivity index (χ4n) is 2.03. The molecule has 1 amide bonds. The van der Waals surface area contributed by atoms with Crippen LogP contribution in [0.1, 0.15) is 19.3 Å². The number of fused-ring (bicyclic) bond motifs is 1. The van der Waals surface area contributed by atoms with E-state index in [9.17, 15) is 4.79 Å². The predicted octanol–water partition coefficient (Wildman–Crippen LogP) is 3.06. The van der Waals surface area contributed by atoms with Gasteiger partial charge in [0.2, 0.25) is 5.91 Å². The van der Waals surface area contributed by atoms with Crippen molar-refractivity contribution < 1.29 is 4.79 Å². The summed E-state index contributed by atoms with van der Waals surface area (Å²) in [4.78, 5) is 18.3. The van der Waals surface area contributed by atoms with Crippen LogP contribution in [0.3, 0.4) is 0 Å². The Hall–Kier alpha value is -1.42. The van der Waals surface area contributed by atoms with Crippen molar-refractivity contribution in [2.75, 3.05) is 11.9 Å². The molecule has 0 atom stereocenters. The van der Waals surface area contributed by atoms with Crippen LogP contribution >= 0.6 is 11.3 Å². The van der Waals surface area contributed by atoms with Gasteiger partial charge in [-0.15, -0.1) is 0 Å². The highest BCUT2D eigenvalue weighted by atomic mass is 32.1. The van der Waals surface area contributed by atoms with Gasteiger partial charge in [0, 0.05) is 13.0 Å². The van der Waals surface area contributed by atoms with E-state index in [1.165, 1.54) is 6.42 Å². The number of amides is 1. The highest BCUT2D eigenvalue weighted by molar-refractivity contribution is 7.22. The molecule has 3 rings (SSSR count). The fourth-order valence-corrected chi connectivity index (χ4v) is 2.96. The molecule has 1 aromatic carbocycles. The summed E-state index contributed by atoms with van der Waals surface area (Å²) >= 11 is 1.58. The lowest BCUT2D eigenvalue weighted by Gasteiger charge is -2.27. The maximum Gasteiger partial charge on any atom is 0.231 e. The number of carbonyl (C=O) groups excluding carboxylic acids is 1. The lowest BCUT2D eigenvalue weighted by atomic mass is 9.84. The summed E-state index contributed by atoms with van der Waals surface area (Å²) in [5, 5.41) is 0.808. The maximum absolute atomic E-state index is 12.1. The number of hydrogen-bond donors (Lipinski definition) is 0. The molecule has 0 N–H and O–H groups in total. The van der Waals surface area contributed by atoms with Crippen molar-refractivity contribution in [3.63, 3.8) is 0 Å². The number of nitrogens with zero attached hydrogens (tertiary/aromatic N) is 2. The van der Waals surface area contributed by atoms with Gasteiger partial charge < -0.3 is 0 Å². The third-order valence-corrected chi connectivity index (χ3v) is 4.47. The van der Waals surface area contributed by atoms with E-state index >= 15 is 0 Å². The summed E-state index contributed by atoms with van der Waals surface area (Å²) in [6.07, 6.45) is 3.26. The van der Waals surface area contributed by atoms with Gasteiger partial charge in [-0.1, -0.05) is 29.9 Å². The quantitative estimate of drug-likeness (QED) is 0.816. The summed E-state index contributed by atoms with van der Waals surface area (Å²) < 4.78 is 1.13. The minimum atomic E-state index is 0.218. The second-order valence-corrected chi connectivity index (χ2v) is 5.50. The molecule has 0 saturated heterocycles.